The lowest BCUT2D eigenvalue weighted by Gasteiger charge is -2.11. The summed E-state index contributed by atoms with van der Waals surface area (Å²) in [5.74, 6) is 0.604. The van der Waals surface area contributed by atoms with Crippen LogP contribution >= 0.6 is 0 Å². The van der Waals surface area contributed by atoms with Crippen molar-refractivity contribution in [3.05, 3.63) is 54.1 Å². The first-order valence-corrected chi connectivity index (χ1v) is 8.23. The largest absolute Gasteiger partial charge is 0.490 e. The van der Waals surface area contributed by atoms with Crippen LogP contribution in [0.5, 0.6) is 11.5 Å². The molecule has 112 valence electrons. The van der Waals surface area contributed by atoms with Crippen LogP contribution in [0.3, 0.4) is 0 Å². The van der Waals surface area contributed by atoms with Gasteiger partial charge >= 0.3 is 10.1 Å². The number of hydrogen-bond acceptors (Lipinski definition) is 4. The molecule has 2 aromatic rings. The number of para-hydroxylation sites is 2. The van der Waals surface area contributed by atoms with E-state index in [4.69, 9.17) is 8.92 Å². The molecular weight excluding hydrogens is 288 g/mol. The Hall–Kier alpha value is -2.01. The minimum absolute atomic E-state index is 0.131. The summed E-state index contributed by atoms with van der Waals surface area (Å²) in [6.45, 7) is 4.28. The molecular formula is C16H18O4S. The Morgan fingerprint density at radius 1 is 0.905 bits per heavy atom. The molecule has 0 atom stereocenters. The Morgan fingerprint density at radius 2 is 1.52 bits per heavy atom. The van der Waals surface area contributed by atoms with E-state index in [0.29, 0.717) is 12.4 Å². The van der Waals surface area contributed by atoms with Gasteiger partial charge in [0.2, 0.25) is 0 Å². The van der Waals surface area contributed by atoms with Crippen molar-refractivity contribution in [2.24, 2.45) is 0 Å². The van der Waals surface area contributed by atoms with E-state index in [2.05, 4.69) is 0 Å². The molecule has 0 amide bonds. The molecule has 0 saturated heterocycles. The molecule has 4 nitrogen and oxygen atoms in total. The number of rotatable bonds is 6. The first-order valence-electron chi connectivity index (χ1n) is 6.82. The molecule has 0 radical (unpaired) electrons. The third-order valence-corrected chi connectivity index (χ3v) is 4.22. The summed E-state index contributed by atoms with van der Waals surface area (Å²) in [6, 6.07) is 13.4. The Morgan fingerprint density at radius 3 is 2.10 bits per heavy atom. The second kappa shape index (κ2) is 6.63. The van der Waals surface area contributed by atoms with Crippen molar-refractivity contribution in [1.82, 2.24) is 0 Å². The molecule has 0 spiro atoms. The van der Waals surface area contributed by atoms with Crippen LogP contribution in [0.4, 0.5) is 0 Å². The van der Waals surface area contributed by atoms with Crippen molar-refractivity contribution in [3.63, 3.8) is 0 Å². The van der Waals surface area contributed by atoms with Gasteiger partial charge in [-0.1, -0.05) is 31.2 Å². The highest BCUT2D eigenvalue weighted by atomic mass is 32.2. The lowest BCUT2D eigenvalue weighted by atomic mass is 10.2. The van der Waals surface area contributed by atoms with Crippen molar-refractivity contribution in [2.45, 2.75) is 25.2 Å². The van der Waals surface area contributed by atoms with Crippen molar-refractivity contribution < 1.29 is 17.3 Å². The normalized spacial score (nSPS) is 11.1. The van der Waals surface area contributed by atoms with Gasteiger partial charge in [0.05, 0.1) is 6.61 Å². The number of hydrogen-bond donors (Lipinski definition) is 0. The van der Waals surface area contributed by atoms with E-state index in [1.54, 1.807) is 48.5 Å². The summed E-state index contributed by atoms with van der Waals surface area (Å²) in [5, 5.41) is 0. The van der Waals surface area contributed by atoms with E-state index < -0.39 is 10.1 Å². The Bertz CT molecular complexity index is 690. The molecule has 0 saturated carbocycles. The van der Waals surface area contributed by atoms with Crippen LogP contribution in [0.25, 0.3) is 0 Å². The van der Waals surface area contributed by atoms with Crippen LogP contribution in [-0.4, -0.2) is 15.0 Å². The van der Waals surface area contributed by atoms with Gasteiger partial charge in [0.25, 0.3) is 0 Å². The van der Waals surface area contributed by atoms with Crippen LogP contribution < -0.4 is 8.92 Å². The zero-order valence-electron chi connectivity index (χ0n) is 12.1. The summed E-state index contributed by atoms with van der Waals surface area (Å²) < 4.78 is 35.1. The quantitative estimate of drug-likeness (QED) is 0.767. The monoisotopic (exact) mass is 306 g/mol. The van der Waals surface area contributed by atoms with Crippen molar-refractivity contribution in [2.75, 3.05) is 6.61 Å². The predicted molar refractivity (Wildman–Crippen MR) is 81.2 cm³/mol. The molecule has 0 bridgehead atoms. The molecule has 0 aliphatic carbocycles. The SMILES string of the molecule is CCOc1ccccc1OS(=O)(=O)c1ccc(CC)cc1. The molecule has 21 heavy (non-hydrogen) atoms. The Kier molecular flexibility index (Phi) is 4.85. The Labute approximate surface area is 125 Å². The average Bonchev–Trinajstić information content (AvgIpc) is 2.49. The Balaban J connectivity index is 2.28. The summed E-state index contributed by atoms with van der Waals surface area (Å²) in [4.78, 5) is 0.131. The van der Waals surface area contributed by atoms with Crippen LogP contribution in [0, 0.1) is 0 Å². The lowest BCUT2D eigenvalue weighted by molar-refractivity contribution is 0.327. The molecule has 2 rings (SSSR count). The molecule has 0 aromatic heterocycles. The molecule has 5 heteroatoms. The standard InChI is InChI=1S/C16H18O4S/c1-3-13-9-11-14(12-10-13)21(17,18)20-16-8-6-5-7-15(16)19-4-2/h5-12H,3-4H2,1-2H3. The predicted octanol–water partition coefficient (Wildman–Crippen LogP) is 3.42. The second-order valence-corrected chi connectivity index (χ2v) is 5.96. The molecule has 0 heterocycles. The minimum atomic E-state index is -3.86. The molecule has 2 aromatic carbocycles. The average molecular weight is 306 g/mol. The van der Waals surface area contributed by atoms with Crippen molar-refractivity contribution in [3.8, 4) is 11.5 Å². The third-order valence-electron chi connectivity index (χ3n) is 2.97. The van der Waals surface area contributed by atoms with Gasteiger partial charge in [-0.05, 0) is 43.2 Å². The van der Waals surface area contributed by atoms with E-state index >= 15 is 0 Å². The number of ether oxygens (including phenoxy) is 1. The number of benzene rings is 2. The second-order valence-electron chi connectivity index (χ2n) is 4.41. The fourth-order valence-electron chi connectivity index (χ4n) is 1.85. The molecule has 0 aliphatic rings. The van der Waals surface area contributed by atoms with Gasteiger partial charge in [0.15, 0.2) is 11.5 Å². The smallest absolute Gasteiger partial charge is 0.339 e. The van der Waals surface area contributed by atoms with Crippen LogP contribution in [0.1, 0.15) is 19.4 Å². The summed E-state index contributed by atoms with van der Waals surface area (Å²) >= 11 is 0. The zero-order chi connectivity index (χ0) is 15.3. The topological polar surface area (TPSA) is 52.6 Å². The van der Waals surface area contributed by atoms with Crippen LogP contribution in [0.15, 0.2) is 53.4 Å². The van der Waals surface area contributed by atoms with Gasteiger partial charge in [0.1, 0.15) is 4.90 Å². The van der Waals surface area contributed by atoms with E-state index in [-0.39, 0.29) is 10.6 Å². The maximum atomic E-state index is 12.3. The summed E-state index contributed by atoms with van der Waals surface area (Å²) in [7, 11) is -3.86. The van der Waals surface area contributed by atoms with Gasteiger partial charge in [-0.25, -0.2) is 0 Å². The maximum Gasteiger partial charge on any atom is 0.339 e. The van der Waals surface area contributed by atoms with Gasteiger partial charge in [-0.2, -0.15) is 8.42 Å². The third kappa shape index (κ3) is 3.76. The molecule has 0 fully saturated rings. The number of aryl methyl sites for hydroxylation is 1. The summed E-state index contributed by atoms with van der Waals surface area (Å²) in [5.41, 5.74) is 1.07. The molecule has 0 aliphatic heterocycles. The zero-order valence-corrected chi connectivity index (χ0v) is 12.9. The first kappa shape index (κ1) is 15.4. The van der Waals surface area contributed by atoms with E-state index in [9.17, 15) is 8.42 Å². The van der Waals surface area contributed by atoms with E-state index in [1.807, 2.05) is 13.8 Å². The first-order chi connectivity index (χ1) is 10.1. The lowest BCUT2D eigenvalue weighted by Crippen LogP contribution is -2.10. The highest BCUT2D eigenvalue weighted by molar-refractivity contribution is 7.87. The van der Waals surface area contributed by atoms with E-state index in [0.717, 1.165) is 12.0 Å². The maximum absolute atomic E-state index is 12.3. The molecule has 0 unspecified atom stereocenters. The van der Waals surface area contributed by atoms with Gasteiger partial charge in [0, 0.05) is 0 Å². The van der Waals surface area contributed by atoms with Gasteiger partial charge in [-0.3, -0.25) is 0 Å². The van der Waals surface area contributed by atoms with Gasteiger partial charge in [-0.15, -0.1) is 0 Å². The van der Waals surface area contributed by atoms with Crippen molar-refractivity contribution in [1.29, 1.82) is 0 Å². The van der Waals surface area contributed by atoms with Crippen molar-refractivity contribution >= 4 is 10.1 Å². The highest BCUT2D eigenvalue weighted by Crippen LogP contribution is 2.29. The van der Waals surface area contributed by atoms with Crippen LogP contribution in [-0.2, 0) is 16.5 Å². The fourth-order valence-corrected chi connectivity index (χ4v) is 2.79. The fraction of sp³-hybridized carbons (Fsp3) is 0.250. The summed E-state index contributed by atoms with van der Waals surface area (Å²) in [6.07, 6.45) is 0.856. The minimum Gasteiger partial charge on any atom is -0.490 e. The highest BCUT2D eigenvalue weighted by Gasteiger charge is 2.18. The van der Waals surface area contributed by atoms with Crippen LogP contribution in [0.2, 0.25) is 0 Å². The van der Waals surface area contributed by atoms with E-state index in [1.165, 1.54) is 0 Å². The molecule has 0 N–H and O–H groups in total. The van der Waals surface area contributed by atoms with Gasteiger partial charge < -0.3 is 8.92 Å².